The van der Waals surface area contributed by atoms with Gasteiger partial charge in [-0.15, -0.1) is 0 Å². The van der Waals surface area contributed by atoms with Crippen LogP contribution in [-0.2, 0) is 0 Å². The van der Waals surface area contributed by atoms with Crippen molar-refractivity contribution in [2.75, 3.05) is 4.90 Å². The molecule has 1 aliphatic rings. The van der Waals surface area contributed by atoms with Crippen LogP contribution in [0.5, 0.6) is 0 Å². The Balaban J connectivity index is 2.17. The second kappa shape index (κ2) is 4.45. The van der Waals surface area contributed by atoms with E-state index in [0.717, 1.165) is 11.3 Å². The molecule has 0 bridgehead atoms. The van der Waals surface area contributed by atoms with Crippen LogP contribution in [-0.4, -0.2) is 6.21 Å². The molecular weight excluding hydrogens is 227 g/mol. The first-order chi connectivity index (χ1) is 8.86. The predicted octanol–water partition coefficient (Wildman–Crippen LogP) is 3.87. The van der Waals surface area contributed by atoms with Crippen LogP contribution in [0.4, 0.5) is 15.8 Å². The SMILES string of the molecule is Fc1ccccc1N1C=CN=Cc2ccccc21. The van der Waals surface area contributed by atoms with Crippen molar-refractivity contribution < 1.29 is 4.39 Å². The van der Waals surface area contributed by atoms with E-state index in [4.69, 9.17) is 0 Å². The Kier molecular flexibility index (Phi) is 2.65. The number of hydrogen-bond acceptors (Lipinski definition) is 2. The van der Waals surface area contributed by atoms with Gasteiger partial charge in [-0.1, -0.05) is 30.3 Å². The molecule has 0 radical (unpaired) electrons. The van der Waals surface area contributed by atoms with Crippen molar-refractivity contribution in [3.8, 4) is 0 Å². The lowest BCUT2D eigenvalue weighted by atomic mass is 10.1. The third kappa shape index (κ3) is 1.80. The number of aliphatic imine (C=N–C) groups is 1. The van der Waals surface area contributed by atoms with E-state index in [9.17, 15) is 4.39 Å². The average Bonchev–Trinajstić information content (AvgIpc) is 2.62. The molecule has 0 aliphatic carbocycles. The summed E-state index contributed by atoms with van der Waals surface area (Å²) in [5.74, 6) is -0.251. The standard InChI is InChI=1S/C15H11FN2/c16-13-6-2-4-8-15(13)18-10-9-17-11-12-5-1-3-7-14(12)18/h1-11H. The van der Waals surface area contributed by atoms with E-state index in [1.54, 1.807) is 35.6 Å². The molecule has 18 heavy (non-hydrogen) atoms. The summed E-state index contributed by atoms with van der Waals surface area (Å²) in [6.45, 7) is 0. The van der Waals surface area contributed by atoms with Crippen LogP contribution in [0.1, 0.15) is 5.56 Å². The van der Waals surface area contributed by atoms with E-state index in [1.165, 1.54) is 6.07 Å². The molecule has 3 rings (SSSR count). The number of nitrogens with zero attached hydrogens (tertiary/aromatic N) is 2. The summed E-state index contributed by atoms with van der Waals surface area (Å²) in [5, 5.41) is 0. The van der Waals surface area contributed by atoms with E-state index in [-0.39, 0.29) is 5.82 Å². The van der Waals surface area contributed by atoms with E-state index in [0.29, 0.717) is 5.69 Å². The summed E-state index contributed by atoms with van der Waals surface area (Å²) >= 11 is 0. The highest BCUT2D eigenvalue weighted by molar-refractivity contribution is 5.91. The second-order valence-corrected chi connectivity index (χ2v) is 3.96. The van der Waals surface area contributed by atoms with Crippen molar-refractivity contribution in [1.29, 1.82) is 0 Å². The molecular formula is C15H11FN2. The van der Waals surface area contributed by atoms with Crippen LogP contribution < -0.4 is 4.90 Å². The van der Waals surface area contributed by atoms with Gasteiger partial charge >= 0.3 is 0 Å². The molecule has 0 saturated heterocycles. The number of halogens is 1. The normalized spacial score (nSPS) is 13.3. The van der Waals surface area contributed by atoms with Gasteiger partial charge in [0, 0.05) is 24.2 Å². The largest absolute Gasteiger partial charge is 0.312 e. The van der Waals surface area contributed by atoms with E-state index < -0.39 is 0 Å². The molecule has 0 spiro atoms. The Hall–Kier alpha value is -2.42. The zero-order chi connectivity index (χ0) is 12.4. The predicted molar refractivity (Wildman–Crippen MR) is 71.7 cm³/mol. The zero-order valence-corrected chi connectivity index (χ0v) is 9.62. The van der Waals surface area contributed by atoms with Crippen LogP contribution in [0.15, 0.2) is 65.9 Å². The van der Waals surface area contributed by atoms with Crippen molar-refractivity contribution in [2.45, 2.75) is 0 Å². The van der Waals surface area contributed by atoms with E-state index >= 15 is 0 Å². The Bertz CT molecular complexity index is 632. The molecule has 3 heteroatoms. The maximum atomic E-state index is 13.9. The van der Waals surface area contributed by atoms with Gasteiger partial charge < -0.3 is 4.90 Å². The van der Waals surface area contributed by atoms with Crippen LogP contribution in [0, 0.1) is 5.82 Å². The lowest BCUT2D eigenvalue weighted by Gasteiger charge is -2.21. The third-order valence-corrected chi connectivity index (χ3v) is 2.82. The Morgan fingerprint density at radius 2 is 1.61 bits per heavy atom. The Morgan fingerprint density at radius 1 is 0.889 bits per heavy atom. The molecule has 0 atom stereocenters. The smallest absolute Gasteiger partial charge is 0.147 e. The van der Waals surface area contributed by atoms with E-state index in [1.807, 2.05) is 30.3 Å². The highest BCUT2D eigenvalue weighted by atomic mass is 19.1. The maximum absolute atomic E-state index is 13.9. The van der Waals surface area contributed by atoms with Gasteiger partial charge in [0.2, 0.25) is 0 Å². The molecule has 0 saturated carbocycles. The van der Waals surface area contributed by atoms with Gasteiger partial charge in [0.15, 0.2) is 0 Å². The molecule has 88 valence electrons. The van der Waals surface area contributed by atoms with Crippen molar-refractivity contribution in [2.24, 2.45) is 4.99 Å². The van der Waals surface area contributed by atoms with Crippen molar-refractivity contribution in [1.82, 2.24) is 0 Å². The van der Waals surface area contributed by atoms with Gasteiger partial charge in [-0.2, -0.15) is 0 Å². The topological polar surface area (TPSA) is 15.6 Å². The van der Waals surface area contributed by atoms with Gasteiger partial charge in [0.1, 0.15) is 5.82 Å². The fourth-order valence-corrected chi connectivity index (χ4v) is 1.98. The second-order valence-electron chi connectivity index (χ2n) is 3.96. The number of fused-ring (bicyclic) bond motifs is 1. The molecule has 0 amide bonds. The summed E-state index contributed by atoms with van der Waals surface area (Å²) in [6, 6.07) is 14.5. The molecule has 2 nitrogen and oxygen atoms in total. The van der Waals surface area contributed by atoms with Gasteiger partial charge in [-0.05, 0) is 18.2 Å². The fraction of sp³-hybridized carbons (Fsp3) is 0. The van der Waals surface area contributed by atoms with Crippen LogP contribution in [0.3, 0.4) is 0 Å². The van der Waals surface area contributed by atoms with E-state index in [2.05, 4.69) is 4.99 Å². The molecule has 2 aromatic rings. The zero-order valence-electron chi connectivity index (χ0n) is 9.62. The molecule has 0 unspecified atom stereocenters. The monoisotopic (exact) mass is 238 g/mol. The van der Waals surface area contributed by atoms with Crippen LogP contribution >= 0.6 is 0 Å². The van der Waals surface area contributed by atoms with Crippen molar-refractivity contribution >= 4 is 17.6 Å². The lowest BCUT2D eigenvalue weighted by Crippen LogP contribution is -2.11. The first-order valence-electron chi connectivity index (χ1n) is 5.69. The minimum absolute atomic E-state index is 0.251. The molecule has 0 N–H and O–H groups in total. The van der Waals surface area contributed by atoms with Gasteiger partial charge in [0.25, 0.3) is 0 Å². The minimum atomic E-state index is -0.251. The van der Waals surface area contributed by atoms with Crippen LogP contribution in [0.25, 0.3) is 0 Å². The Morgan fingerprint density at radius 3 is 2.44 bits per heavy atom. The quantitative estimate of drug-likeness (QED) is 0.736. The first kappa shape index (κ1) is 10.7. The lowest BCUT2D eigenvalue weighted by molar-refractivity contribution is 0.628. The molecule has 2 aromatic carbocycles. The molecule has 1 heterocycles. The maximum Gasteiger partial charge on any atom is 0.147 e. The third-order valence-electron chi connectivity index (χ3n) is 2.82. The van der Waals surface area contributed by atoms with Gasteiger partial charge in [-0.3, -0.25) is 4.99 Å². The molecule has 0 aromatic heterocycles. The molecule has 1 aliphatic heterocycles. The first-order valence-corrected chi connectivity index (χ1v) is 5.69. The number of benzene rings is 2. The summed E-state index contributed by atoms with van der Waals surface area (Å²) in [6.07, 6.45) is 5.19. The van der Waals surface area contributed by atoms with Crippen molar-refractivity contribution in [3.05, 3.63) is 72.3 Å². The highest BCUT2D eigenvalue weighted by Crippen LogP contribution is 2.31. The van der Waals surface area contributed by atoms with Crippen LogP contribution in [0.2, 0.25) is 0 Å². The molecule has 0 fully saturated rings. The fourth-order valence-electron chi connectivity index (χ4n) is 1.98. The van der Waals surface area contributed by atoms with Gasteiger partial charge in [0.05, 0.1) is 11.4 Å². The summed E-state index contributed by atoms with van der Waals surface area (Å²) in [5.41, 5.74) is 2.40. The van der Waals surface area contributed by atoms with Crippen molar-refractivity contribution in [3.63, 3.8) is 0 Å². The summed E-state index contributed by atoms with van der Waals surface area (Å²) in [7, 11) is 0. The summed E-state index contributed by atoms with van der Waals surface area (Å²) in [4.78, 5) is 5.95. The summed E-state index contributed by atoms with van der Waals surface area (Å²) < 4.78 is 13.9. The number of para-hydroxylation sites is 2. The highest BCUT2D eigenvalue weighted by Gasteiger charge is 2.14. The number of rotatable bonds is 1. The van der Waals surface area contributed by atoms with Gasteiger partial charge in [-0.25, -0.2) is 4.39 Å². The Labute approximate surface area is 105 Å². The average molecular weight is 238 g/mol. The number of hydrogen-bond donors (Lipinski definition) is 0. The minimum Gasteiger partial charge on any atom is -0.312 e. The number of anilines is 2.